The fourth-order valence-electron chi connectivity index (χ4n) is 1.89. The molecule has 1 heterocycles. The van der Waals surface area contributed by atoms with Gasteiger partial charge in [-0.15, -0.1) is 0 Å². The molecule has 0 N–H and O–H groups in total. The Morgan fingerprint density at radius 3 is 2.93 bits per heavy atom. The third kappa shape index (κ3) is 2.58. The first-order valence-electron chi connectivity index (χ1n) is 5.51. The van der Waals surface area contributed by atoms with E-state index in [4.69, 9.17) is 5.26 Å². The highest BCUT2D eigenvalue weighted by molar-refractivity contribution is 7.07. The van der Waals surface area contributed by atoms with Crippen LogP contribution in [0.1, 0.15) is 31.7 Å². The van der Waals surface area contributed by atoms with Crippen LogP contribution in [0.3, 0.4) is 0 Å². The molecular weight excluding hydrogens is 204 g/mol. The van der Waals surface area contributed by atoms with Gasteiger partial charge in [0.1, 0.15) is 0 Å². The molecule has 0 amide bonds. The van der Waals surface area contributed by atoms with Crippen molar-refractivity contribution in [3.63, 3.8) is 0 Å². The van der Waals surface area contributed by atoms with Crippen molar-refractivity contribution in [3.05, 3.63) is 22.4 Å². The Bertz CT molecular complexity index is 335. The number of thiophene rings is 1. The number of nitriles is 1. The van der Waals surface area contributed by atoms with Crippen LogP contribution in [0.15, 0.2) is 16.8 Å². The molecule has 1 aromatic rings. The number of nitrogens with zero attached hydrogens (tertiary/aromatic N) is 2. The average molecular weight is 220 g/mol. The topological polar surface area (TPSA) is 27.0 Å². The lowest BCUT2D eigenvalue weighted by molar-refractivity contribution is 0.210. The summed E-state index contributed by atoms with van der Waals surface area (Å²) in [7, 11) is 0. The lowest BCUT2D eigenvalue weighted by atomic mass is 10.2. The highest BCUT2D eigenvalue weighted by atomic mass is 32.1. The van der Waals surface area contributed by atoms with E-state index in [9.17, 15) is 0 Å². The zero-order chi connectivity index (χ0) is 10.7. The van der Waals surface area contributed by atoms with Crippen molar-refractivity contribution in [1.29, 1.82) is 5.26 Å². The van der Waals surface area contributed by atoms with E-state index in [-0.39, 0.29) is 6.04 Å². The van der Waals surface area contributed by atoms with E-state index in [1.807, 2.05) is 0 Å². The summed E-state index contributed by atoms with van der Waals surface area (Å²) in [6.45, 7) is 3.04. The van der Waals surface area contributed by atoms with Crippen LogP contribution in [0, 0.1) is 11.3 Å². The molecule has 0 radical (unpaired) electrons. The Hall–Kier alpha value is -0.850. The molecule has 1 saturated carbocycles. The predicted molar refractivity (Wildman–Crippen MR) is 62.6 cm³/mol. The van der Waals surface area contributed by atoms with E-state index in [1.54, 1.807) is 11.3 Å². The van der Waals surface area contributed by atoms with Gasteiger partial charge in [-0.1, -0.05) is 6.92 Å². The molecule has 0 spiro atoms. The van der Waals surface area contributed by atoms with Gasteiger partial charge in [-0.25, -0.2) is 0 Å². The van der Waals surface area contributed by atoms with Crippen LogP contribution in [0.25, 0.3) is 0 Å². The fraction of sp³-hybridized carbons (Fsp3) is 0.583. The molecule has 2 nitrogen and oxygen atoms in total. The highest BCUT2D eigenvalue weighted by Gasteiger charge is 2.33. The van der Waals surface area contributed by atoms with Crippen LogP contribution in [-0.2, 0) is 6.54 Å². The molecular formula is C12H16N2S. The van der Waals surface area contributed by atoms with Gasteiger partial charge in [-0.3, -0.25) is 4.90 Å². The van der Waals surface area contributed by atoms with Crippen LogP contribution < -0.4 is 0 Å². The second-order valence-corrected chi connectivity index (χ2v) is 4.87. The summed E-state index contributed by atoms with van der Waals surface area (Å²) in [5.41, 5.74) is 1.35. The SMILES string of the molecule is CCC(C#N)N(Cc1ccsc1)C1CC1. The summed E-state index contributed by atoms with van der Waals surface area (Å²) in [6, 6.07) is 5.33. The summed E-state index contributed by atoms with van der Waals surface area (Å²) in [4.78, 5) is 2.36. The summed E-state index contributed by atoms with van der Waals surface area (Å²) in [6.07, 6.45) is 3.46. The maximum atomic E-state index is 9.11. The molecule has 1 unspecified atom stereocenters. The minimum atomic E-state index is 0.0948. The summed E-state index contributed by atoms with van der Waals surface area (Å²) < 4.78 is 0. The monoisotopic (exact) mass is 220 g/mol. The van der Waals surface area contributed by atoms with Gasteiger partial charge in [0.15, 0.2) is 0 Å². The lowest BCUT2D eigenvalue weighted by Crippen LogP contribution is -2.35. The minimum absolute atomic E-state index is 0.0948. The first-order valence-corrected chi connectivity index (χ1v) is 6.46. The Balaban J connectivity index is 2.03. The Labute approximate surface area is 95.1 Å². The van der Waals surface area contributed by atoms with Gasteiger partial charge in [0, 0.05) is 12.6 Å². The molecule has 80 valence electrons. The van der Waals surface area contributed by atoms with Crippen molar-refractivity contribution in [2.45, 2.75) is 44.8 Å². The molecule has 1 aliphatic rings. The third-order valence-corrected chi connectivity index (χ3v) is 3.63. The Kier molecular flexibility index (Phi) is 3.40. The molecule has 1 aromatic heterocycles. The first kappa shape index (κ1) is 10.7. The van der Waals surface area contributed by atoms with E-state index >= 15 is 0 Å². The second-order valence-electron chi connectivity index (χ2n) is 4.09. The molecule has 1 fully saturated rings. The molecule has 1 atom stereocenters. The Morgan fingerprint density at radius 2 is 2.47 bits per heavy atom. The maximum absolute atomic E-state index is 9.11. The van der Waals surface area contributed by atoms with Crippen molar-refractivity contribution < 1.29 is 0 Å². The van der Waals surface area contributed by atoms with Gasteiger partial charge < -0.3 is 0 Å². The van der Waals surface area contributed by atoms with Gasteiger partial charge in [-0.05, 0) is 41.7 Å². The zero-order valence-corrected chi connectivity index (χ0v) is 9.83. The van der Waals surface area contributed by atoms with Crippen molar-refractivity contribution in [3.8, 4) is 6.07 Å². The molecule has 0 saturated heterocycles. The molecule has 1 aliphatic carbocycles. The summed E-state index contributed by atoms with van der Waals surface area (Å²) in [5, 5.41) is 13.4. The van der Waals surface area contributed by atoms with Crippen LogP contribution in [0.2, 0.25) is 0 Å². The van der Waals surface area contributed by atoms with E-state index in [0.29, 0.717) is 6.04 Å². The standard InChI is InChI=1S/C12H16N2S/c1-2-11(7-13)14(12-3-4-12)8-10-5-6-15-9-10/h5-6,9,11-12H,2-4,8H2,1H3. The van der Waals surface area contributed by atoms with Crippen LogP contribution in [0.5, 0.6) is 0 Å². The van der Waals surface area contributed by atoms with Gasteiger partial charge >= 0.3 is 0 Å². The van der Waals surface area contributed by atoms with E-state index in [0.717, 1.165) is 13.0 Å². The van der Waals surface area contributed by atoms with Gasteiger partial charge in [0.05, 0.1) is 12.1 Å². The zero-order valence-electron chi connectivity index (χ0n) is 9.02. The lowest BCUT2D eigenvalue weighted by Gasteiger charge is -2.25. The van der Waals surface area contributed by atoms with Crippen LogP contribution >= 0.6 is 11.3 Å². The Morgan fingerprint density at radius 1 is 1.67 bits per heavy atom. The van der Waals surface area contributed by atoms with Crippen LogP contribution in [0.4, 0.5) is 0 Å². The predicted octanol–water partition coefficient (Wildman–Crippen LogP) is 3.01. The van der Waals surface area contributed by atoms with Crippen molar-refractivity contribution >= 4 is 11.3 Å². The van der Waals surface area contributed by atoms with E-state index in [1.165, 1.54) is 18.4 Å². The highest BCUT2D eigenvalue weighted by Crippen LogP contribution is 2.31. The summed E-state index contributed by atoms with van der Waals surface area (Å²) in [5.74, 6) is 0. The molecule has 3 heteroatoms. The largest absolute Gasteiger partial charge is 0.281 e. The molecule has 0 aliphatic heterocycles. The summed E-state index contributed by atoms with van der Waals surface area (Å²) >= 11 is 1.73. The van der Waals surface area contributed by atoms with Gasteiger partial charge in [0.2, 0.25) is 0 Å². The van der Waals surface area contributed by atoms with Gasteiger partial charge in [-0.2, -0.15) is 16.6 Å². The maximum Gasteiger partial charge on any atom is 0.0980 e. The number of rotatable bonds is 5. The minimum Gasteiger partial charge on any atom is -0.281 e. The molecule has 15 heavy (non-hydrogen) atoms. The average Bonchev–Trinajstić information content (AvgIpc) is 2.97. The number of hydrogen-bond donors (Lipinski definition) is 0. The van der Waals surface area contributed by atoms with E-state index in [2.05, 4.69) is 34.7 Å². The van der Waals surface area contributed by atoms with Crippen molar-refractivity contribution in [1.82, 2.24) is 4.90 Å². The normalized spacial score (nSPS) is 17.7. The smallest absolute Gasteiger partial charge is 0.0980 e. The van der Waals surface area contributed by atoms with Crippen LogP contribution in [-0.4, -0.2) is 17.0 Å². The van der Waals surface area contributed by atoms with Gasteiger partial charge in [0.25, 0.3) is 0 Å². The van der Waals surface area contributed by atoms with Crippen molar-refractivity contribution in [2.24, 2.45) is 0 Å². The van der Waals surface area contributed by atoms with E-state index < -0.39 is 0 Å². The number of hydrogen-bond acceptors (Lipinski definition) is 3. The fourth-order valence-corrected chi connectivity index (χ4v) is 2.55. The second kappa shape index (κ2) is 4.78. The molecule has 0 aromatic carbocycles. The first-order chi connectivity index (χ1) is 7.35. The quantitative estimate of drug-likeness (QED) is 0.762. The molecule has 2 rings (SSSR count). The van der Waals surface area contributed by atoms with Crippen molar-refractivity contribution in [2.75, 3.05) is 0 Å². The molecule has 0 bridgehead atoms. The third-order valence-electron chi connectivity index (χ3n) is 2.90.